The second-order valence-corrected chi connectivity index (χ2v) is 8.16. The fourth-order valence-corrected chi connectivity index (χ4v) is 4.62. The molecule has 154 valence electrons. The largest absolute Gasteiger partial charge is 0.468 e. The summed E-state index contributed by atoms with van der Waals surface area (Å²) in [6.45, 7) is 2.25. The van der Waals surface area contributed by atoms with Crippen LogP contribution in [0.5, 0.6) is 0 Å². The van der Waals surface area contributed by atoms with Gasteiger partial charge in [0, 0.05) is 43.8 Å². The fraction of sp³-hybridized carbons (Fsp3) is 0.474. The summed E-state index contributed by atoms with van der Waals surface area (Å²) in [5.41, 5.74) is 0.782. The van der Waals surface area contributed by atoms with E-state index in [-0.39, 0.29) is 24.5 Å². The van der Waals surface area contributed by atoms with Crippen LogP contribution in [-0.2, 0) is 14.3 Å². The highest BCUT2D eigenvalue weighted by molar-refractivity contribution is 8.04. The topological polar surface area (TPSA) is 103 Å². The molecule has 9 nitrogen and oxygen atoms in total. The number of amides is 1. The molecule has 2 aliphatic rings. The number of aromatic nitrogens is 3. The highest BCUT2D eigenvalue weighted by Crippen LogP contribution is 2.30. The third-order valence-electron chi connectivity index (χ3n) is 5.15. The Hall–Kier alpha value is -2.59. The van der Waals surface area contributed by atoms with Gasteiger partial charge in [0.1, 0.15) is 17.8 Å². The van der Waals surface area contributed by atoms with Crippen molar-refractivity contribution in [1.29, 1.82) is 0 Å². The number of likely N-dealkylation sites (tertiary alicyclic amines) is 1. The lowest BCUT2D eigenvalue weighted by atomic mass is 10.1. The maximum Gasteiger partial charge on any atom is 0.319 e. The second-order valence-electron chi connectivity index (χ2n) is 7.02. The molecule has 0 radical (unpaired) electrons. The lowest BCUT2D eigenvalue weighted by molar-refractivity contribution is -0.139. The monoisotopic (exact) mass is 416 g/mol. The van der Waals surface area contributed by atoms with Gasteiger partial charge in [-0.25, -0.2) is 9.97 Å². The van der Waals surface area contributed by atoms with Gasteiger partial charge in [0.2, 0.25) is 0 Å². The van der Waals surface area contributed by atoms with Crippen LogP contribution in [0.15, 0.2) is 29.7 Å². The van der Waals surface area contributed by atoms with E-state index in [4.69, 9.17) is 0 Å². The van der Waals surface area contributed by atoms with Gasteiger partial charge in [0.25, 0.3) is 5.91 Å². The molecule has 0 saturated carbocycles. The summed E-state index contributed by atoms with van der Waals surface area (Å²) < 4.78 is 4.68. The molecule has 2 aliphatic heterocycles. The Morgan fingerprint density at radius 2 is 2.28 bits per heavy atom. The lowest BCUT2D eigenvalue weighted by Gasteiger charge is -2.34. The summed E-state index contributed by atoms with van der Waals surface area (Å²) in [5, 5.41) is 4.12. The number of methoxy groups -OCH3 is 1. The van der Waals surface area contributed by atoms with E-state index in [1.54, 1.807) is 11.8 Å². The van der Waals surface area contributed by atoms with Crippen molar-refractivity contribution in [2.75, 3.05) is 43.9 Å². The second kappa shape index (κ2) is 8.83. The van der Waals surface area contributed by atoms with Crippen molar-refractivity contribution in [3.8, 4) is 0 Å². The smallest absolute Gasteiger partial charge is 0.319 e. The van der Waals surface area contributed by atoms with Gasteiger partial charge in [-0.15, -0.1) is 11.8 Å². The molecule has 2 aromatic rings. The zero-order chi connectivity index (χ0) is 20.2. The molecule has 1 atom stereocenters. The van der Waals surface area contributed by atoms with Gasteiger partial charge in [-0.05, 0) is 18.9 Å². The third-order valence-corrected chi connectivity index (χ3v) is 6.13. The Morgan fingerprint density at radius 1 is 1.38 bits per heavy atom. The average Bonchev–Trinajstić information content (AvgIpc) is 3.26. The summed E-state index contributed by atoms with van der Waals surface area (Å²) in [6, 6.07) is 2.04. The van der Waals surface area contributed by atoms with Crippen molar-refractivity contribution in [3.05, 3.63) is 29.7 Å². The SMILES string of the molecule is COC(=O)CN[C@@H]1CCCN(C(=O)C2=CN(c3ncnc4[nH]ccc34)CCS2)C1. The van der Waals surface area contributed by atoms with Crippen molar-refractivity contribution in [2.45, 2.75) is 18.9 Å². The van der Waals surface area contributed by atoms with Gasteiger partial charge in [-0.3, -0.25) is 9.59 Å². The number of fused-ring (bicyclic) bond motifs is 1. The van der Waals surface area contributed by atoms with E-state index >= 15 is 0 Å². The minimum Gasteiger partial charge on any atom is -0.468 e. The number of nitrogens with zero attached hydrogens (tertiary/aromatic N) is 4. The standard InChI is InChI=1S/C19H24N6O3S/c1-28-16(26)9-21-13-3-2-6-25(10-13)19(27)15-11-24(7-8-29-15)18-14-4-5-20-17(14)22-12-23-18/h4-5,11-13,21H,2-3,6-10H2,1H3,(H,20,22,23)/t13-/m1/s1. The van der Waals surface area contributed by atoms with E-state index in [1.165, 1.54) is 13.4 Å². The van der Waals surface area contributed by atoms with Crippen LogP contribution in [0.25, 0.3) is 11.0 Å². The molecule has 2 aromatic heterocycles. The summed E-state index contributed by atoms with van der Waals surface area (Å²) >= 11 is 1.58. The van der Waals surface area contributed by atoms with Crippen LogP contribution >= 0.6 is 11.8 Å². The van der Waals surface area contributed by atoms with Crippen molar-refractivity contribution in [1.82, 2.24) is 25.2 Å². The first kappa shape index (κ1) is 19.7. The zero-order valence-corrected chi connectivity index (χ0v) is 17.1. The van der Waals surface area contributed by atoms with E-state index in [0.717, 1.165) is 48.5 Å². The maximum atomic E-state index is 13.1. The van der Waals surface area contributed by atoms with E-state index in [9.17, 15) is 9.59 Å². The number of rotatable bonds is 5. The first-order chi connectivity index (χ1) is 14.2. The fourth-order valence-electron chi connectivity index (χ4n) is 3.65. The summed E-state index contributed by atoms with van der Waals surface area (Å²) in [6.07, 6.45) is 7.12. The number of carbonyl (C=O) groups is 2. The van der Waals surface area contributed by atoms with Crippen LogP contribution < -0.4 is 10.2 Å². The average molecular weight is 417 g/mol. The van der Waals surface area contributed by atoms with Crippen molar-refractivity contribution in [3.63, 3.8) is 0 Å². The quantitative estimate of drug-likeness (QED) is 0.699. The normalized spacial score (nSPS) is 19.9. The lowest BCUT2D eigenvalue weighted by Crippen LogP contribution is -2.49. The summed E-state index contributed by atoms with van der Waals surface area (Å²) in [4.78, 5) is 40.9. The maximum absolute atomic E-state index is 13.1. The number of aromatic amines is 1. The first-order valence-corrected chi connectivity index (χ1v) is 10.6. The zero-order valence-electron chi connectivity index (χ0n) is 16.3. The van der Waals surface area contributed by atoms with E-state index < -0.39 is 0 Å². The Bertz CT molecular complexity index is 930. The molecular weight excluding hydrogens is 392 g/mol. The molecule has 2 N–H and O–H groups in total. The summed E-state index contributed by atoms with van der Waals surface area (Å²) in [5.74, 6) is 1.35. The molecule has 0 aliphatic carbocycles. The molecule has 1 amide bonds. The number of anilines is 1. The Balaban J connectivity index is 1.46. The predicted octanol–water partition coefficient (Wildman–Crippen LogP) is 1.11. The number of hydrogen-bond acceptors (Lipinski definition) is 8. The molecular formula is C19H24N6O3S. The van der Waals surface area contributed by atoms with Crippen LogP contribution in [0.4, 0.5) is 5.82 Å². The number of H-pyrrole nitrogens is 1. The predicted molar refractivity (Wildman–Crippen MR) is 111 cm³/mol. The number of carbonyl (C=O) groups excluding carboxylic acids is 2. The van der Waals surface area contributed by atoms with Crippen LogP contribution in [0.1, 0.15) is 12.8 Å². The molecule has 29 heavy (non-hydrogen) atoms. The van der Waals surface area contributed by atoms with Crippen LogP contribution in [0.3, 0.4) is 0 Å². The molecule has 0 bridgehead atoms. The van der Waals surface area contributed by atoms with Gasteiger partial charge in [0.05, 0.1) is 23.9 Å². The first-order valence-electron chi connectivity index (χ1n) is 9.64. The van der Waals surface area contributed by atoms with Gasteiger partial charge in [-0.1, -0.05) is 0 Å². The minimum absolute atomic E-state index is 0.0311. The Kier molecular flexibility index (Phi) is 6.00. The number of ether oxygens (including phenoxy) is 1. The number of piperidine rings is 1. The minimum atomic E-state index is -0.296. The van der Waals surface area contributed by atoms with Gasteiger partial charge >= 0.3 is 5.97 Å². The molecule has 1 fully saturated rings. The molecule has 1 saturated heterocycles. The molecule has 0 unspecified atom stereocenters. The number of nitrogens with one attached hydrogen (secondary N) is 2. The molecule has 0 spiro atoms. The van der Waals surface area contributed by atoms with Crippen molar-refractivity contribution < 1.29 is 14.3 Å². The molecule has 4 rings (SSSR count). The van der Waals surface area contributed by atoms with Crippen molar-refractivity contribution in [2.24, 2.45) is 0 Å². The van der Waals surface area contributed by atoms with Crippen molar-refractivity contribution >= 4 is 40.5 Å². The molecule has 4 heterocycles. The van der Waals surface area contributed by atoms with E-state index in [0.29, 0.717) is 11.4 Å². The highest BCUT2D eigenvalue weighted by atomic mass is 32.2. The van der Waals surface area contributed by atoms with Gasteiger partial charge < -0.3 is 24.8 Å². The Labute approximate surface area is 172 Å². The third kappa shape index (κ3) is 4.38. The van der Waals surface area contributed by atoms with Gasteiger partial charge in [0.15, 0.2) is 0 Å². The number of hydrogen-bond donors (Lipinski definition) is 2. The van der Waals surface area contributed by atoms with E-state index in [2.05, 4.69) is 25.0 Å². The molecule has 10 heteroatoms. The van der Waals surface area contributed by atoms with Crippen LogP contribution in [0, 0.1) is 0 Å². The highest BCUT2D eigenvalue weighted by Gasteiger charge is 2.28. The van der Waals surface area contributed by atoms with Gasteiger partial charge in [-0.2, -0.15) is 0 Å². The Morgan fingerprint density at radius 3 is 3.14 bits per heavy atom. The van der Waals surface area contributed by atoms with E-state index in [1.807, 2.05) is 28.3 Å². The summed E-state index contributed by atoms with van der Waals surface area (Å²) in [7, 11) is 1.37. The number of esters is 1. The molecule has 0 aromatic carbocycles. The number of thioether (sulfide) groups is 1. The van der Waals surface area contributed by atoms with Crippen LogP contribution in [0.2, 0.25) is 0 Å². The van der Waals surface area contributed by atoms with Crippen LogP contribution in [-0.4, -0.2) is 76.8 Å².